The van der Waals surface area contributed by atoms with Crippen LogP contribution < -0.4 is 22.1 Å². The number of nitrogens with zero attached hydrogens (tertiary/aromatic N) is 2. The minimum Gasteiger partial charge on any atom is -0.398 e. The Morgan fingerprint density at radius 2 is 2.04 bits per heavy atom. The van der Waals surface area contributed by atoms with Gasteiger partial charge in [0.1, 0.15) is 21.5 Å². The van der Waals surface area contributed by atoms with Crippen LogP contribution in [0.3, 0.4) is 0 Å². The van der Waals surface area contributed by atoms with E-state index in [0.717, 1.165) is 4.57 Å². The average Bonchev–Trinajstić information content (AvgIpc) is 2.48. The van der Waals surface area contributed by atoms with Crippen molar-refractivity contribution in [3.63, 3.8) is 0 Å². The topological polar surface area (TPSA) is 107 Å². The number of aromatic nitrogens is 2. The number of benzene rings is 1. The van der Waals surface area contributed by atoms with E-state index in [9.17, 15) is 14.4 Å². The fourth-order valence-electron chi connectivity index (χ4n) is 2.94. The molecule has 114 valence electrons. The van der Waals surface area contributed by atoms with Gasteiger partial charge >= 0.3 is 0 Å². The minimum absolute atomic E-state index is 0.0438. The van der Waals surface area contributed by atoms with Gasteiger partial charge in [-0.25, -0.2) is 4.98 Å². The lowest BCUT2D eigenvalue weighted by molar-refractivity contribution is -0.137. The van der Waals surface area contributed by atoms with E-state index in [2.05, 4.69) is 10.3 Å². The van der Waals surface area contributed by atoms with Gasteiger partial charge in [-0.1, -0.05) is 11.5 Å². The van der Waals surface area contributed by atoms with Crippen LogP contribution in [0.25, 0.3) is 10.9 Å². The summed E-state index contributed by atoms with van der Waals surface area (Å²) >= 11 is 0. The molecule has 1 aromatic carbocycles. The SMILES string of the molecule is [B]c1ccc(N)c2c(=O)n(C3([B])C(=O)NC(=O)CC3[B])c(C)nc12. The van der Waals surface area contributed by atoms with Crippen molar-refractivity contribution in [2.75, 3.05) is 5.73 Å². The molecule has 2 amide bonds. The number of nitrogen functional groups attached to an aromatic ring is 1. The monoisotopic (exact) mass is 316 g/mol. The maximum atomic E-state index is 13.0. The van der Waals surface area contributed by atoms with E-state index in [0.29, 0.717) is 0 Å². The molecule has 2 atom stereocenters. The van der Waals surface area contributed by atoms with E-state index in [-0.39, 0.29) is 34.3 Å². The highest BCUT2D eigenvalue weighted by Crippen LogP contribution is 2.32. The van der Waals surface area contributed by atoms with Crippen LogP contribution in [0.4, 0.5) is 5.69 Å². The fourth-order valence-corrected chi connectivity index (χ4v) is 2.94. The van der Waals surface area contributed by atoms with Crippen LogP contribution in [0.2, 0.25) is 5.82 Å². The third-order valence-corrected chi connectivity index (χ3v) is 4.21. The summed E-state index contributed by atoms with van der Waals surface area (Å²) in [4.78, 5) is 41.1. The number of imide groups is 1. The van der Waals surface area contributed by atoms with Gasteiger partial charge in [0.2, 0.25) is 11.8 Å². The molecular formula is C14H11B3N4O3. The lowest BCUT2D eigenvalue weighted by Crippen LogP contribution is -2.61. The Kier molecular flexibility index (Phi) is 3.58. The number of fused-ring (bicyclic) bond motifs is 1. The van der Waals surface area contributed by atoms with Crippen LogP contribution in [0.5, 0.6) is 0 Å². The van der Waals surface area contributed by atoms with Gasteiger partial charge in [-0.05, 0) is 18.8 Å². The average molecular weight is 316 g/mol. The Morgan fingerprint density at radius 3 is 2.67 bits per heavy atom. The van der Waals surface area contributed by atoms with Crippen LogP contribution >= 0.6 is 0 Å². The highest BCUT2D eigenvalue weighted by Gasteiger charge is 2.46. The smallest absolute Gasteiger partial charge is 0.263 e. The quantitative estimate of drug-likeness (QED) is 0.356. The van der Waals surface area contributed by atoms with Gasteiger partial charge in [0.15, 0.2) is 0 Å². The molecule has 1 aliphatic rings. The number of aryl methyl sites for hydroxylation is 1. The third kappa shape index (κ3) is 2.09. The van der Waals surface area contributed by atoms with Crippen molar-refractivity contribution < 1.29 is 9.59 Å². The summed E-state index contributed by atoms with van der Waals surface area (Å²) in [5.74, 6) is -2.40. The van der Waals surface area contributed by atoms with E-state index in [1.54, 1.807) is 0 Å². The van der Waals surface area contributed by atoms with E-state index >= 15 is 0 Å². The van der Waals surface area contributed by atoms with Crippen LogP contribution in [0.1, 0.15) is 12.2 Å². The Hall–Kier alpha value is -2.51. The predicted molar refractivity (Wildman–Crippen MR) is 91.5 cm³/mol. The molecule has 0 saturated carbocycles. The molecular weight excluding hydrogens is 305 g/mol. The Bertz CT molecular complexity index is 958. The van der Waals surface area contributed by atoms with Crippen molar-refractivity contribution in [1.82, 2.24) is 14.9 Å². The molecule has 1 saturated heterocycles. The van der Waals surface area contributed by atoms with Gasteiger partial charge in [0.25, 0.3) is 5.56 Å². The van der Waals surface area contributed by atoms with Crippen LogP contribution in [0, 0.1) is 6.92 Å². The second-order valence-electron chi connectivity index (χ2n) is 5.78. The number of hydrogen-bond acceptors (Lipinski definition) is 5. The Labute approximate surface area is 141 Å². The molecule has 1 aromatic heterocycles. The molecule has 0 bridgehead atoms. The summed E-state index contributed by atoms with van der Waals surface area (Å²) in [6.45, 7) is 1.49. The van der Waals surface area contributed by atoms with Crippen molar-refractivity contribution in [2.24, 2.45) is 0 Å². The Balaban J connectivity index is 2.39. The number of nitrogens with one attached hydrogen (secondary N) is 1. The van der Waals surface area contributed by atoms with E-state index in [1.807, 2.05) is 0 Å². The molecule has 10 heteroatoms. The predicted octanol–water partition coefficient (Wildman–Crippen LogP) is -2.09. The van der Waals surface area contributed by atoms with Crippen molar-refractivity contribution in [1.29, 1.82) is 0 Å². The van der Waals surface area contributed by atoms with E-state index in [1.165, 1.54) is 19.1 Å². The largest absolute Gasteiger partial charge is 0.398 e. The maximum absolute atomic E-state index is 13.0. The van der Waals surface area contributed by atoms with Crippen LogP contribution in [0.15, 0.2) is 16.9 Å². The summed E-state index contributed by atoms with van der Waals surface area (Å²) in [7, 11) is 17.9. The van der Waals surface area contributed by atoms with Crippen molar-refractivity contribution in [3.05, 3.63) is 28.3 Å². The zero-order valence-corrected chi connectivity index (χ0v) is 12.9. The lowest BCUT2D eigenvalue weighted by atomic mass is 9.56. The van der Waals surface area contributed by atoms with Gasteiger partial charge in [0.05, 0.1) is 24.2 Å². The maximum Gasteiger partial charge on any atom is 0.263 e. The summed E-state index contributed by atoms with van der Waals surface area (Å²) in [6, 6.07) is 3.00. The summed E-state index contributed by atoms with van der Waals surface area (Å²) < 4.78 is 0.970. The molecule has 3 N–H and O–H groups in total. The standard InChI is InChI=1S/C14H11B3N4O3/c1-5-19-11-6(15)2-3-7(18)10(11)12(23)21(5)14(17)8(16)4-9(22)20-13(14)24/h2-3,8H,4,18H2,1H3,(H,20,22,24). The molecule has 6 radical (unpaired) electrons. The highest BCUT2D eigenvalue weighted by atomic mass is 16.2. The molecule has 3 rings (SSSR count). The molecule has 1 aliphatic heterocycles. The number of carbonyl (C=O) groups is 2. The zero-order chi connectivity index (χ0) is 17.8. The molecule has 7 nitrogen and oxygen atoms in total. The number of anilines is 1. The zero-order valence-electron chi connectivity index (χ0n) is 12.9. The summed E-state index contributed by atoms with van der Waals surface area (Å²) in [5.41, 5.74) is 3.90. The van der Waals surface area contributed by atoms with Crippen molar-refractivity contribution in [2.45, 2.75) is 24.6 Å². The number of amides is 2. The fraction of sp³-hybridized carbons (Fsp3) is 0.286. The first-order valence-electron chi connectivity index (χ1n) is 7.14. The second kappa shape index (κ2) is 5.26. The van der Waals surface area contributed by atoms with Crippen molar-refractivity contribution in [3.8, 4) is 0 Å². The number of rotatable bonds is 1. The molecule has 2 unspecified atom stereocenters. The highest BCUT2D eigenvalue weighted by molar-refractivity contribution is 6.39. The lowest BCUT2D eigenvalue weighted by Gasteiger charge is -2.40. The number of hydrogen-bond donors (Lipinski definition) is 2. The second-order valence-corrected chi connectivity index (χ2v) is 5.78. The molecule has 24 heavy (non-hydrogen) atoms. The van der Waals surface area contributed by atoms with Gasteiger partial charge in [-0.15, -0.1) is 0 Å². The third-order valence-electron chi connectivity index (χ3n) is 4.21. The van der Waals surface area contributed by atoms with Crippen molar-refractivity contribution >= 4 is 57.4 Å². The molecule has 2 aromatic rings. The first-order chi connectivity index (χ1) is 11.2. The van der Waals surface area contributed by atoms with Crippen LogP contribution in [-0.4, -0.2) is 44.9 Å². The first-order valence-corrected chi connectivity index (χ1v) is 7.14. The van der Waals surface area contributed by atoms with Gasteiger partial charge in [-0.3, -0.25) is 24.3 Å². The molecule has 0 spiro atoms. The van der Waals surface area contributed by atoms with Gasteiger partial charge in [-0.2, -0.15) is 0 Å². The summed E-state index contributed by atoms with van der Waals surface area (Å²) in [5, 5.41) is 2.14. The Morgan fingerprint density at radius 1 is 1.38 bits per heavy atom. The molecule has 2 heterocycles. The van der Waals surface area contributed by atoms with E-state index < -0.39 is 28.6 Å². The normalized spacial score (nSPS) is 24.1. The minimum atomic E-state index is -1.96. The first kappa shape index (κ1) is 16.4. The number of nitrogens with two attached hydrogens (primary N) is 1. The molecule has 0 aliphatic carbocycles. The molecule has 1 fully saturated rings. The van der Waals surface area contributed by atoms with Crippen LogP contribution in [-0.2, 0) is 15.0 Å². The van der Waals surface area contributed by atoms with E-state index in [4.69, 9.17) is 29.3 Å². The van der Waals surface area contributed by atoms with Gasteiger partial charge in [0, 0.05) is 12.1 Å². The van der Waals surface area contributed by atoms with Gasteiger partial charge < -0.3 is 5.73 Å². The summed E-state index contributed by atoms with van der Waals surface area (Å²) in [6.07, 6.45) is -0.210. The number of piperidine rings is 1. The number of carbonyl (C=O) groups excluding carboxylic acids is 2.